The van der Waals surface area contributed by atoms with Crippen LogP contribution in [0.1, 0.15) is 12.8 Å². The first-order valence-electron chi connectivity index (χ1n) is 5.43. The summed E-state index contributed by atoms with van der Waals surface area (Å²) in [5, 5.41) is -0.0474. The van der Waals surface area contributed by atoms with Crippen LogP contribution in [0, 0.1) is 0 Å². The molecule has 0 radical (unpaired) electrons. The maximum Gasteiger partial charge on any atom is 0.104 e. The monoisotopic (exact) mass is 234 g/mol. The molecule has 0 bridgehead atoms. The van der Waals surface area contributed by atoms with Gasteiger partial charge in [0.15, 0.2) is 0 Å². The summed E-state index contributed by atoms with van der Waals surface area (Å²) in [5.74, 6) is 0. The van der Waals surface area contributed by atoms with E-state index in [2.05, 4.69) is 0 Å². The molecule has 2 atom stereocenters. The standard InChI is InChI=1S/C10H22O4Si/c1-11-8-10(15,12-2)4-3-5-13-6-9-7-14-9/h9H,3-8H2,1-2,15H3. The van der Waals surface area contributed by atoms with Crippen molar-refractivity contribution in [2.75, 3.05) is 40.6 Å². The molecule has 5 heteroatoms. The van der Waals surface area contributed by atoms with Gasteiger partial charge in [-0.15, -0.1) is 0 Å². The Balaban J connectivity index is 1.99. The van der Waals surface area contributed by atoms with E-state index < -0.39 is 0 Å². The molecule has 1 rings (SSSR count). The van der Waals surface area contributed by atoms with E-state index in [1.165, 1.54) is 0 Å². The van der Waals surface area contributed by atoms with Crippen LogP contribution in [-0.4, -0.2) is 62.2 Å². The molecule has 1 aliphatic heterocycles. The predicted molar refractivity (Wildman–Crippen MR) is 61.3 cm³/mol. The first-order chi connectivity index (χ1) is 7.20. The highest BCUT2D eigenvalue weighted by Gasteiger charge is 2.24. The van der Waals surface area contributed by atoms with Gasteiger partial charge in [-0.05, 0) is 12.8 Å². The zero-order chi connectivity index (χ0) is 11.1. The van der Waals surface area contributed by atoms with Crippen LogP contribution in [0.2, 0.25) is 0 Å². The van der Waals surface area contributed by atoms with Crippen molar-refractivity contribution >= 4 is 10.2 Å². The first kappa shape index (κ1) is 13.1. The van der Waals surface area contributed by atoms with Crippen molar-refractivity contribution in [2.45, 2.75) is 24.2 Å². The van der Waals surface area contributed by atoms with Crippen LogP contribution in [-0.2, 0) is 18.9 Å². The second-order valence-corrected chi connectivity index (χ2v) is 6.04. The summed E-state index contributed by atoms with van der Waals surface area (Å²) in [4.78, 5) is 0. The average Bonchev–Trinajstić information content (AvgIpc) is 3.02. The summed E-state index contributed by atoms with van der Waals surface area (Å²) < 4.78 is 21.1. The van der Waals surface area contributed by atoms with E-state index in [4.69, 9.17) is 18.9 Å². The normalized spacial score (nSPS) is 24.0. The lowest BCUT2D eigenvalue weighted by Crippen LogP contribution is -2.37. The van der Waals surface area contributed by atoms with Crippen molar-refractivity contribution in [2.24, 2.45) is 0 Å². The molecule has 0 aliphatic carbocycles. The molecule has 0 aromatic heterocycles. The van der Waals surface area contributed by atoms with E-state index in [-0.39, 0.29) is 5.22 Å². The Bertz CT molecular complexity index is 175. The molecular formula is C10H22O4Si. The Morgan fingerprint density at radius 2 is 2.20 bits per heavy atom. The van der Waals surface area contributed by atoms with Gasteiger partial charge in [-0.2, -0.15) is 0 Å². The number of ether oxygens (including phenoxy) is 4. The van der Waals surface area contributed by atoms with E-state index in [1.54, 1.807) is 14.2 Å². The van der Waals surface area contributed by atoms with E-state index >= 15 is 0 Å². The number of rotatable bonds is 9. The average molecular weight is 234 g/mol. The van der Waals surface area contributed by atoms with Crippen molar-refractivity contribution in [3.63, 3.8) is 0 Å². The van der Waals surface area contributed by atoms with Crippen LogP contribution in [0.25, 0.3) is 0 Å². The zero-order valence-electron chi connectivity index (χ0n) is 9.95. The van der Waals surface area contributed by atoms with Gasteiger partial charge in [0.2, 0.25) is 0 Å². The van der Waals surface area contributed by atoms with Crippen LogP contribution < -0.4 is 0 Å². The Kier molecular flexibility index (Phi) is 5.77. The predicted octanol–water partition coefficient (Wildman–Crippen LogP) is -0.464. The SMILES string of the molecule is COCC([SiH3])(CCCOCC1CO1)OC. The second-order valence-electron chi connectivity index (χ2n) is 4.22. The molecule has 0 saturated carbocycles. The molecular weight excluding hydrogens is 212 g/mol. The Morgan fingerprint density at radius 3 is 2.73 bits per heavy atom. The smallest absolute Gasteiger partial charge is 0.104 e. The van der Waals surface area contributed by atoms with Crippen molar-refractivity contribution in [3.05, 3.63) is 0 Å². The highest BCUT2D eigenvalue weighted by atomic mass is 28.1. The molecule has 15 heavy (non-hydrogen) atoms. The molecule has 0 aromatic rings. The van der Waals surface area contributed by atoms with Gasteiger partial charge in [-0.3, -0.25) is 0 Å². The van der Waals surface area contributed by atoms with Crippen molar-refractivity contribution in [1.29, 1.82) is 0 Å². The van der Waals surface area contributed by atoms with Crippen molar-refractivity contribution in [1.82, 2.24) is 0 Å². The number of hydrogen-bond donors (Lipinski definition) is 0. The molecule has 1 fully saturated rings. The number of epoxide rings is 1. The topological polar surface area (TPSA) is 40.2 Å². The van der Waals surface area contributed by atoms with Gasteiger partial charge in [0.25, 0.3) is 0 Å². The molecule has 1 heterocycles. The quantitative estimate of drug-likeness (QED) is 0.307. The fourth-order valence-corrected chi connectivity index (χ4v) is 2.11. The zero-order valence-corrected chi connectivity index (χ0v) is 12.0. The van der Waals surface area contributed by atoms with E-state index in [0.717, 1.165) is 42.9 Å². The van der Waals surface area contributed by atoms with Crippen LogP contribution in [0.5, 0.6) is 0 Å². The summed E-state index contributed by atoms with van der Waals surface area (Å²) >= 11 is 0. The van der Waals surface area contributed by atoms with Crippen LogP contribution in [0.3, 0.4) is 0 Å². The van der Waals surface area contributed by atoms with Gasteiger partial charge < -0.3 is 18.9 Å². The van der Waals surface area contributed by atoms with Crippen LogP contribution in [0.15, 0.2) is 0 Å². The van der Waals surface area contributed by atoms with Gasteiger partial charge in [-0.1, -0.05) is 0 Å². The van der Waals surface area contributed by atoms with Gasteiger partial charge in [-0.25, -0.2) is 0 Å². The molecule has 1 aliphatic rings. The molecule has 90 valence electrons. The Hall–Kier alpha value is 0.0569. The van der Waals surface area contributed by atoms with Gasteiger partial charge in [0.1, 0.15) is 6.10 Å². The van der Waals surface area contributed by atoms with Crippen LogP contribution in [0.4, 0.5) is 0 Å². The lowest BCUT2D eigenvalue weighted by molar-refractivity contribution is -0.0152. The summed E-state index contributed by atoms with van der Waals surface area (Å²) in [6.07, 6.45) is 2.40. The Labute approximate surface area is 94.6 Å². The van der Waals surface area contributed by atoms with Gasteiger partial charge in [0.05, 0.1) is 25.0 Å². The number of methoxy groups -OCH3 is 2. The van der Waals surface area contributed by atoms with Gasteiger partial charge in [0, 0.05) is 31.1 Å². The molecule has 4 nitrogen and oxygen atoms in total. The fraction of sp³-hybridized carbons (Fsp3) is 1.00. The Morgan fingerprint density at radius 1 is 1.47 bits per heavy atom. The van der Waals surface area contributed by atoms with Crippen molar-refractivity contribution < 1.29 is 18.9 Å². The molecule has 0 amide bonds. The minimum atomic E-state index is -0.0474. The third-order valence-electron chi connectivity index (χ3n) is 2.64. The lowest BCUT2D eigenvalue weighted by Gasteiger charge is -2.27. The summed E-state index contributed by atoms with van der Waals surface area (Å²) in [6, 6.07) is 0. The lowest BCUT2D eigenvalue weighted by atomic mass is 10.2. The molecule has 0 N–H and O–H groups in total. The molecule has 0 aromatic carbocycles. The molecule has 0 spiro atoms. The molecule has 1 saturated heterocycles. The van der Waals surface area contributed by atoms with Gasteiger partial charge >= 0.3 is 0 Å². The largest absolute Gasteiger partial charge is 0.382 e. The maximum atomic E-state index is 5.47. The highest BCUT2D eigenvalue weighted by molar-refractivity contribution is 6.14. The van der Waals surface area contributed by atoms with E-state index in [0.29, 0.717) is 12.7 Å². The third-order valence-corrected chi connectivity index (χ3v) is 3.84. The maximum absolute atomic E-state index is 5.47. The minimum Gasteiger partial charge on any atom is -0.382 e. The second kappa shape index (κ2) is 6.60. The minimum absolute atomic E-state index is 0.0474. The summed E-state index contributed by atoms with van der Waals surface area (Å²) in [6.45, 7) is 3.08. The molecule has 2 unspecified atom stereocenters. The highest BCUT2D eigenvalue weighted by Crippen LogP contribution is 2.14. The first-order valence-corrected chi connectivity index (χ1v) is 6.43. The summed E-state index contributed by atoms with van der Waals surface area (Å²) in [5.41, 5.74) is 0. The van der Waals surface area contributed by atoms with E-state index in [9.17, 15) is 0 Å². The van der Waals surface area contributed by atoms with E-state index in [1.807, 2.05) is 0 Å². The number of hydrogen-bond acceptors (Lipinski definition) is 4. The van der Waals surface area contributed by atoms with Crippen LogP contribution >= 0.6 is 0 Å². The van der Waals surface area contributed by atoms with Crippen molar-refractivity contribution in [3.8, 4) is 0 Å². The third kappa shape index (κ3) is 5.63. The summed E-state index contributed by atoms with van der Waals surface area (Å²) in [7, 11) is 4.45. The fourth-order valence-electron chi connectivity index (χ4n) is 1.47.